The molecule has 2 N–H and O–H groups in total. The number of fused-ring (bicyclic) bond motifs is 1. The van der Waals surface area contributed by atoms with Crippen molar-refractivity contribution in [3.8, 4) is 5.75 Å². The van der Waals surface area contributed by atoms with Crippen molar-refractivity contribution in [1.29, 1.82) is 0 Å². The van der Waals surface area contributed by atoms with E-state index < -0.39 is 0 Å². The smallest absolute Gasteiger partial charge is 0.330 e. The van der Waals surface area contributed by atoms with Crippen LogP contribution in [0.5, 0.6) is 5.75 Å². The highest BCUT2D eigenvalue weighted by molar-refractivity contribution is 5.95. The molecule has 1 saturated carbocycles. The van der Waals surface area contributed by atoms with E-state index in [4.69, 9.17) is 4.74 Å². The molecule has 9 heteroatoms. The maximum absolute atomic E-state index is 13.0. The predicted molar refractivity (Wildman–Crippen MR) is 115 cm³/mol. The fourth-order valence-electron chi connectivity index (χ4n) is 4.12. The van der Waals surface area contributed by atoms with Gasteiger partial charge in [-0.3, -0.25) is 13.9 Å². The number of hydrogen-bond acceptors (Lipinski definition) is 6. The van der Waals surface area contributed by atoms with Crippen LogP contribution in [0, 0.1) is 0 Å². The van der Waals surface area contributed by atoms with Crippen LogP contribution in [0.15, 0.2) is 29.2 Å². The van der Waals surface area contributed by atoms with Crippen LogP contribution in [0.4, 0.5) is 11.6 Å². The highest BCUT2D eigenvalue weighted by atomic mass is 16.5. The van der Waals surface area contributed by atoms with E-state index in [0.29, 0.717) is 35.1 Å². The van der Waals surface area contributed by atoms with E-state index >= 15 is 0 Å². The molecule has 1 aromatic carbocycles. The van der Waals surface area contributed by atoms with Crippen LogP contribution in [0.1, 0.15) is 49.0 Å². The normalized spacial score (nSPS) is 14.2. The third-order valence-corrected chi connectivity index (χ3v) is 5.65. The molecule has 4 rings (SSSR count). The first kappa shape index (κ1) is 19.9. The van der Waals surface area contributed by atoms with E-state index in [0.717, 1.165) is 31.2 Å². The average Bonchev–Trinajstić information content (AvgIpc) is 3.38. The number of anilines is 2. The molecule has 0 unspecified atom stereocenters. The molecule has 0 spiro atoms. The first-order chi connectivity index (χ1) is 14.6. The minimum Gasteiger partial charge on any atom is -0.495 e. The highest BCUT2D eigenvalue weighted by Crippen LogP contribution is 2.32. The van der Waals surface area contributed by atoms with Crippen molar-refractivity contribution >= 4 is 28.7 Å². The van der Waals surface area contributed by atoms with E-state index in [9.17, 15) is 9.59 Å². The van der Waals surface area contributed by atoms with Crippen molar-refractivity contribution in [2.24, 2.45) is 0 Å². The topological polar surface area (TPSA) is 103 Å². The molecule has 30 heavy (non-hydrogen) atoms. The molecule has 1 aliphatic carbocycles. The van der Waals surface area contributed by atoms with Crippen LogP contribution in [-0.2, 0) is 6.54 Å². The number of carbonyl (C=O) groups excluding carboxylic acids is 1. The fourth-order valence-corrected chi connectivity index (χ4v) is 4.12. The number of aromatic nitrogens is 4. The van der Waals surface area contributed by atoms with Crippen LogP contribution in [-0.4, -0.2) is 39.2 Å². The van der Waals surface area contributed by atoms with Gasteiger partial charge in [-0.05, 0) is 38.0 Å². The Labute approximate surface area is 174 Å². The highest BCUT2D eigenvalue weighted by Gasteiger charge is 2.24. The zero-order valence-corrected chi connectivity index (χ0v) is 17.4. The lowest BCUT2D eigenvalue weighted by Crippen LogP contribution is -2.26. The number of benzene rings is 1. The summed E-state index contributed by atoms with van der Waals surface area (Å²) in [5.74, 6) is 0.673. The summed E-state index contributed by atoms with van der Waals surface area (Å²) in [6.07, 6.45) is 5.92. The van der Waals surface area contributed by atoms with Gasteiger partial charge in [0, 0.05) is 25.2 Å². The van der Waals surface area contributed by atoms with Crippen LogP contribution >= 0.6 is 0 Å². The maximum atomic E-state index is 13.0. The third-order valence-electron chi connectivity index (χ3n) is 5.65. The van der Waals surface area contributed by atoms with E-state index in [1.54, 1.807) is 36.0 Å². The Morgan fingerprint density at radius 2 is 2.07 bits per heavy atom. The standard InChI is InChI=1S/C21H26N6O3/c1-4-26-16-12-23-20(25-18(16)27(21(26)29)14-7-5-6-8-14)24-15-10-9-13(19(28)22-2)11-17(15)30-3/h9-12,14H,4-8H2,1-3H3,(H,22,28)(H,23,24,25). The second-order valence-corrected chi connectivity index (χ2v) is 7.36. The molecular formula is C21H26N6O3. The molecular weight excluding hydrogens is 384 g/mol. The molecule has 0 bridgehead atoms. The average molecular weight is 410 g/mol. The zero-order chi connectivity index (χ0) is 21.3. The largest absolute Gasteiger partial charge is 0.495 e. The van der Waals surface area contributed by atoms with Crippen molar-refractivity contribution in [1.82, 2.24) is 24.4 Å². The van der Waals surface area contributed by atoms with Crippen molar-refractivity contribution < 1.29 is 9.53 Å². The second kappa shape index (κ2) is 8.17. The lowest BCUT2D eigenvalue weighted by molar-refractivity contribution is 0.0963. The minimum atomic E-state index is -0.195. The van der Waals surface area contributed by atoms with Crippen LogP contribution in [0.25, 0.3) is 11.2 Å². The van der Waals surface area contributed by atoms with E-state index in [1.165, 1.54) is 7.11 Å². The molecule has 0 saturated heterocycles. The quantitative estimate of drug-likeness (QED) is 0.648. The van der Waals surface area contributed by atoms with E-state index in [2.05, 4.69) is 20.6 Å². The Bertz CT molecular complexity index is 1140. The Kier molecular flexibility index (Phi) is 5.43. The molecule has 3 aromatic rings. The summed E-state index contributed by atoms with van der Waals surface area (Å²) in [5, 5.41) is 5.75. The Morgan fingerprint density at radius 1 is 1.30 bits per heavy atom. The fraction of sp³-hybridized carbons (Fsp3) is 0.429. The molecule has 0 atom stereocenters. The molecule has 2 heterocycles. The second-order valence-electron chi connectivity index (χ2n) is 7.36. The Morgan fingerprint density at radius 3 is 2.73 bits per heavy atom. The lowest BCUT2D eigenvalue weighted by atomic mass is 10.1. The molecule has 2 aromatic heterocycles. The van der Waals surface area contributed by atoms with Gasteiger partial charge in [0.15, 0.2) is 5.65 Å². The molecule has 0 radical (unpaired) electrons. The number of carbonyl (C=O) groups is 1. The third kappa shape index (κ3) is 3.40. The predicted octanol–water partition coefficient (Wildman–Crippen LogP) is 2.84. The zero-order valence-electron chi connectivity index (χ0n) is 17.4. The maximum Gasteiger partial charge on any atom is 0.330 e. The van der Waals surface area contributed by atoms with Gasteiger partial charge in [0.2, 0.25) is 5.95 Å². The molecule has 9 nitrogen and oxygen atoms in total. The number of nitrogens with one attached hydrogen (secondary N) is 2. The van der Waals surface area contributed by atoms with Gasteiger partial charge >= 0.3 is 5.69 Å². The first-order valence-corrected chi connectivity index (χ1v) is 10.2. The number of ether oxygens (including phenoxy) is 1. The number of rotatable bonds is 6. The van der Waals surface area contributed by atoms with Crippen LogP contribution < -0.4 is 21.1 Å². The SMILES string of the molecule is CCn1c(=O)n(C2CCCC2)c2nc(Nc3ccc(C(=O)NC)cc3OC)ncc21. The summed E-state index contributed by atoms with van der Waals surface area (Å²) in [5.41, 5.74) is 2.48. The van der Waals surface area contributed by atoms with Crippen molar-refractivity contribution in [2.75, 3.05) is 19.5 Å². The summed E-state index contributed by atoms with van der Waals surface area (Å²) in [4.78, 5) is 34.0. The summed E-state index contributed by atoms with van der Waals surface area (Å²) < 4.78 is 8.97. The van der Waals surface area contributed by atoms with Gasteiger partial charge in [0.1, 0.15) is 11.3 Å². The summed E-state index contributed by atoms with van der Waals surface area (Å²) >= 11 is 0. The van der Waals surface area contributed by atoms with Gasteiger partial charge in [0.25, 0.3) is 5.91 Å². The van der Waals surface area contributed by atoms with Gasteiger partial charge in [-0.2, -0.15) is 4.98 Å². The van der Waals surface area contributed by atoms with Gasteiger partial charge in [-0.15, -0.1) is 0 Å². The Balaban J connectivity index is 1.75. The van der Waals surface area contributed by atoms with Gasteiger partial charge in [0.05, 0.1) is 19.0 Å². The van der Waals surface area contributed by atoms with Crippen LogP contribution in [0.2, 0.25) is 0 Å². The van der Waals surface area contributed by atoms with Gasteiger partial charge in [-0.1, -0.05) is 12.8 Å². The molecule has 0 aliphatic heterocycles. The number of nitrogens with zero attached hydrogens (tertiary/aromatic N) is 4. The molecule has 1 aliphatic rings. The molecule has 1 amide bonds. The first-order valence-electron chi connectivity index (χ1n) is 10.2. The monoisotopic (exact) mass is 410 g/mol. The summed E-state index contributed by atoms with van der Waals surface area (Å²) in [6, 6.07) is 5.28. The number of imidazole rings is 1. The number of amides is 1. The van der Waals surface area contributed by atoms with Crippen molar-refractivity contribution in [2.45, 2.75) is 45.2 Å². The molecule has 158 valence electrons. The van der Waals surface area contributed by atoms with Crippen molar-refractivity contribution in [3.63, 3.8) is 0 Å². The molecule has 1 fully saturated rings. The van der Waals surface area contributed by atoms with E-state index in [-0.39, 0.29) is 17.6 Å². The van der Waals surface area contributed by atoms with Gasteiger partial charge in [-0.25, -0.2) is 9.78 Å². The van der Waals surface area contributed by atoms with Crippen LogP contribution in [0.3, 0.4) is 0 Å². The number of aryl methyl sites for hydroxylation is 1. The summed E-state index contributed by atoms with van der Waals surface area (Å²) in [7, 11) is 3.12. The number of hydrogen-bond donors (Lipinski definition) is 2. The van der Waals surface area contributed by atoms with Gasteiger partial charge < -0.3 is 15.4 Å². The minimum absolute atomic E-state index is 0.0293. The summed E-state index contributed by atoms with van der Waals surface area (Å²) in [6.45, 7) is 2.52. The van der Waals surface area contributed by atoms with E-state index in [1.807, 2.05) is 11.5 Å². The Hall–Kier alpha value is -3.36. The van der Waals surface area contributed by atoms with Crippen molar-refractivity contribution in [3.05, 3.63) is 40.4 Å². The number of methoxy groups -OCH3 is 1. The lowest BCUT2D eigenvalue weighted by Gasteiger charge is -2.13.